The minimum absolute atomic E-state index is 0.0370. The van der Waals surface area contributed by atoms with Crippen LogP contribution in [0.15, 0.2) is 59.6 Å². The molecule has 2 unspecified atom stereocenters. The highest BCUT2D eigenvalue weighted by molar-refractivity contribution is 7.93. The molecule has 52 heavy (non-hydrogen) atoms. The summed E-state index contributed by atoms with van der Waals surface area (Å²) in [5.41, 5.74) is 0.00745. The highest BCUT2D eigenvalue weighted by atomic mass is 35.5. The number of sulfonamides is 1. The normalized spacial score (nSPS) is 16.4. The van der Waals surface area contributed by atoms with Gasteiger partial charge in [-0.15, -0.1) is 0 Å². The van der Waals surface area contributed by atoms with Crippen LogP contribution in [0.2, 0.25) is 4.34 Å². The van der Waals surface area contributed by atoms with Gasteiger partial charge in [0.25, 0.3) is 10.0 Å². The topological polar surface area (TPSA) is 108 Å². The van der Waals surface area contributed by atoms with E-state index in [2.05, 4.69) is 4.98 Å². The minimum atomic E-state index is -4.83. The molecule has 280 valence electrons. The summed E-state index contributed by atoms with van der Waals surface area (Å²) in [6, 6.07) is 9.27. The van der Waals surface area contributed by atoms with Gasteiger partial charge in [-0.25, -0.2) is 40.1 Å². The van der Waals surface area contributed by atoms with Gasteiger partial charge in [0.05, 0.1) is 33.6 Å². The van der Waals surface area contributed by atoms with Crippen LogP contribution >= 0.6 is 22.9 Å². The van der Waals surface area contributed by atoms with E-state index < -0.39 is 67.5 Å². The summed E-state index contributed by atoms with van der Waals surface area (Å²) >= 11 is 6.89. The maximum absolute atomic E-state index is 15.8. The molecule has 0 spiro atoms. The third-order valence-corrected chi connectivity index (χ3v) is 11.3. The number of halogens is 5. The van der Waals surface area contributed by atoms with Gasteiger partial charge in [0.1, 0.15) is 32.1 Å². The molecule has 2 atom stereocenters. The Morgan fingerprint density at radius 2 is 1.73 bits per heavy atom. The molecule has 1 aromatic heterocycles. The number of piperidine rings is 1. The molecule has 1 fully saturated rings. The van der Waals surface area contributed by atoms with E-state index in [0.29, 0.717) is 35.4 Å². The summed E-state index contributed by atoms with van der Waals surface area (Å²) < 4.78 is 110. The molecule has 0 bridgehead atoms. The lowest BCUT2D eigenvalue weighted by atomic mass is 9.81. The van der Waals surface area contributed by atoms with Gasteiger partial charge < -0.3 is 23.8 Å². The largest absolute Gasteiger partial charge is 0.497 e. The Kier molecular flexibility index (Phi) is 11.8. The summed E-state index contributed by atoms with van der Waals surface area (Å²) in [6.07, 6.45) is 0.930. The van der Waals surface area contributed by atoms with E-state index >= 15 is 8.78 Å². The monoisotopic (exact) mass is 785 g/mol. The molecule has 0 radical (unpaired) electrons. The lowest BCUT2D eigenvalue weighted by Crippen LogP contribution is -2.46. The first kappa shape index (κ1) is 38.9. The van der Waals surface area contributed by atoms with Gasteiger partial charge in [-0.1, -0.05) is 29.0 Å². The number of nitrogens with zero attached hydrogens (tertiary/aromatic N) is 3. The van der Waals surface area contributed by atoms with Crippen molar-refractivity contribution in [3.05, 3.63) is 93.5 Å². The Morgan fingerprint density at radius 3 is 2.37 bits per heavy atom. The predicted octanol–water partition coefficient (Wildman–Crippen LogP) is 8.19. The van der Waals surface area contributed by atoms with Crippen molar-refractivity contribution in [1.82, 2.24) is 9.88 Å². The zero-order valence-corrected chi connectivity index (χ0v) is 31.2. The first-order chi connectivity index (χ1) is 24.5. The second-order valence-corrected chi connectivity index (χ2v) is 16.4. The maximum atomic E-state index is 15.8. The Balaban J connectivity index is 1.43. The van der Waals surface area contributed by atoms with E-state index in [1.54, 1.807) is 32.9 Å². The van der Waals surface area contributed by atoms with Crippen molar-refractivity contribution in [2.45, 2.75) is 50.2 Å². The van der Waals surface area contributed by atoms with Gasteiger partial charge in [-0.3, -0.25) is 0 Å². The Morgan fingerprint density at radius 1 is 0.981 bits per heavy atom. The highest BCUT2D eigenvalue weighted by Gasteiger charge is 2.36. The number of amides is 1. The van der Waals surface area contributed by atoms with Gasteiger partial charge in [-0.2, -0.15) is 0 Å². The highest BCUT2D eigenvalue weighted by Crippen LogP contribution is 2.38. The number of ether oxygens (including phenoxy) is 4. The summed E-state index contributed by atoms with van der Waals surface area (Å²) in [4.78, 5) is 17.4. The van der Waals surface area contributed by atoms with E-state index in [0.717, 1.165) is 27.8 Å². The smallest absolute Gasteiger partial charge is 0.410 e. The first-order valence-electron chi connectivity index (χ1n) is 15.9. The predicted molar refractivity (Wildman–Crippen MR) is 187 cm³/mol. The number of hydrogen-bond acceptors (Lipinski definition) is 9. The zero-order chi connectivity index (χ0) is 38.0. The molecule has 17 heteroatoms. The van der Waals surface area contributed by atoms with Gasteiger partial charge in [-0.05, 0) is 62.9 Å². The van der Waals surface area contributed by atoms with Gasteiger partial charge in [0.2, 0.25) is 5.13 Å². The standard InChI is InChI=1S/C35H36ClF4N3O7S2/c1-35(2,3)50-34(44)42-11-10-24(20-7-9-25(37)26(38)12-20)22(17-42)19-49-30-14-28(40)31(15-27(30)39)52(45,46)43(33-41-16-32(36)51-33)18-21-6-8-23(47-4)13-29(21)48-5/h6-9,12-16,22,24H,10-11,17-19H2,1-5H3. The third-order valence-electron chi connectivity index (χ3n) is 8.25. The van der Waals surface area contributed by atoms with Crippen LogP contribution in [0.4, 0.5) is 27.5 Å². The second kappa shape index (κ2) is 15.8. The van der Waals surface area contributed by atoms with Crippen molar-refractivity contribution < 1.29 is 49.7 Å². The SMILES string of the molecule is COc1ccc(CN(c2ncc(Cl)s2)S(=O)(=O)c2cc(F)c(OCC3CN(C(=O)OC(C)(C)C)CCC3c3ccc(F)c(F)c3)cc2F)c(OC)c1. The van der Waals surface area contributed by atoms with E-state index in [1.807, 2.05) is 0 Å². The molecule has 10 nitrogen and oxygen atoms in total. The maximum Gasteiger partial charge on any atom is 0.410 e. The number of likely N-dealkylation sites (tertiary alicyclic amines) is 1. The Hall–Kier alpha value is -4.28. The van der Waals surface area contributed by atoms with E-state index in [-0.39, 0.29) is 41.5 Å². The Bertz CT molecular complexity index is 2040. The molecular formula is C35H36ClF4N3O7S2. The quantitative estimate of drug-likeness (QED) is 0.140. The number of anilines is 1. The fraction of sp³-hybridized carbons (Fsp3) is 0.371. The van der Waals surface area contributed by atoms with Crippen molar-refractivity contribution >= 4 is 44.2 Å². The summed E-state index contributed by atoms with van der Waals surface area (Å²) in [6.45, 7) is 4.71. The zero-order valence-electron chi connectivity index (χ0n) is 28.8. The van der Waals surface area contributed by atoms with Crippen LogP contribution in [-0.2, 0) is 21.3 Å². The summed E-state index contributed by atoms with van der Waals surface area (Å²) in [7, 11) is -1.99. The first-order valence-corrected chi connectivity index (χ1v) is 18.5. The molecule has 0 saturated carbocycles. The van der Waals surface area contributed by atoms with Crippen LogP contribution < -0.4 is 18.5 Å². The fourth-order valence-corrected chi connectivity index (χ4v) is 8.33. The van der Waals surface area contributed by atoms with Crippen LogP contribution in [-0.4, -0.2) is 63.9 Å². The van der Waals surface area contributed by atoms with Crippen molar-refractivity contribution in [3.8, 4) is 17.2 Å². The van der Waals surface area contributed by atoms with Crippen molar-refractivity contribution in [3.63, 3.8) is 0 Å². The van der Waals surface area contributed by atoms with Gasteiger partial charge in [0, 0.05) is 42.8 Å². The molecule has 3 aromatic carbocycles. The molecule has 4 aromatic rings. The average Bonchev–Trinajstić information content (AvgIpc) is 3.52. The molecule has 0 N–H and O–H groups in total. The minimum Gasteiger partial charge on any atom is -0.497 e. The van der Waals surface area contributed by atoms with Gasteiger partial charge >= 0.3 is 6.09 Å². The molecule has 0 aliphatic carbocycles. The van der Waals surface area contributed by atoms with Crippen LogP contribution in [0.1, 0.15) is 44.2 Å². The van der Waals surface area contributed by atoms with Crippen LogP contribution in [0.25, 0.3) is 0 Å². The van der Waals surface area contributed by atoms with Crippen molar-refractivity contribution in [2.24, 2.45) is 5.92 Å². The number of benzene rings is 3. The van der Waals surface area contributed by atoms with Crippen molar-refractivity contribution in [1.29, 1.82) is 0 Å². The number of carbonyl (C=O) groups excluding carboxylic acids is 1. The number of hydrogen-bond donors (Lipinski definition) is 0. The van der Waals surface area contributed by atoms with Crippen molar-refractivity contribution in [2.75, 3.05) is 38.2 Å². The molecule has 1 aliphatic rings. The number of thiazole rings is 1. The molecule has 5 rings (SSSR count). The molecule has 1 saturated heterocycles. The number of aromatic nitrogens is 1. The van der Waals surface area contributed by atoms with Crippen LogP contribution in [0, 0.1) is 29.2 Å². The third kappa shape index (κ3) is 8.84. The Labute approximate surface area is 307 Å². The molecule has 1 amide bonds. The molecule has 1 aliphatic heterocycles. The van der Waals surface area contributed by atoms with Crippen LogP contribution in [0.5, 0.6) is 17.2 Å². The van der Waals surface area contributed by atoms with Gasteiger partial charge in [0.15, 0.2) is 23.2 Å². The molecular weight excluding hydrogens is 750 g/mol. The number of carbonyl (C=O) groups is 1. The number of methoxy groups -OCH3 is 2. The lowest BCUT2D eigenvalue weighted by Gasteiger charge is -2.39. The summed E-state index contributed by atoms with van der Waals surface area (Å²) in [5, 5.41) is -0.113. The van der Waals surface area contributed by atoms with E-state index in [4.69, 9.17) is 30.5 Å². The molecule has 2 heterocycles. The van der Waals surface area contributed by atoms with E-state index in [1.165, 1.54) is 37.4 Å². The second-order valence-electron chi connectivity index (χ2n) is 12.9. The van der Waals surface area contributed by atoms with E-state index in [9.17, 15) is 22.0 Å². The average molecular weight is 786 g/mol. The number of rotatable bonds is 11. The lowest BCUT2D eigenvalue weighted by molar-refractivity contribution is 0.0109. The fourth-order valence-electron chi connectivity index (χ4n) is 5.76. The van der Waals surface area contributed by atoms with Crippen LogP contribution in [0.3, 0.4) is 0 Å². The summed E-state index contributed by atoms with van der Waals surface area (Å²) in [5.74, 6) is -5.56.